The van der Waals surface area contributed by atoms with Crippen molar-refractivity contribution in [2.45, 2.75) is 33.1 Å². The van der Waals surface area contributed by atoms with Gasteiger partial charge in [-0.2, -0.15) is 0 Å². The van der Waals surface area contributed by atoms with E-state index in [2.05, 4.69) is 34.5 Å². The van der Waals surface area contributed by atoms with Gasteiger partial charge in [0.2, 0.25) is 0 Å². The topological polar surface area (TPSA) is 63.3 Å². The molecule has 1 heterocycles. The third-order valence-corrected chi connectivity index (χ3v) is 3.14. The van der Waals surface area contributed by atoms with Gasteiger partial charge in [0.1, 0.15) is 0 Å². The van der Waals surface area contributed by atoms with Crippen molar-refractivity contribution in [3.63, 3.8) is 0 Å². The van der Waals surface area contributed by atoms with Crippen LogP contribution in [0.3, 0.4) is 0 Å². The Hall–Kier alpha value is -0.370. The molecule has 0 bridgehead atoms. The monoisotopic (exact) mass is 368 g/mol. The van der Waals surface area contributed by atoms with Gasteiger partial charge in [0, 0.05) is 24.9 Å². The van der Waals surface area contributed by atoms with Gasteiger partial charge in [0.15, 0.2) is 5.96 Å². The zero-order valence-electron chi connectivity index (χ0n) is 10.4. The van der Waals surface area contributed by atoms with Gasteiger partial charge in [0.25, 0.3) is 0 Å². The van der Waals surface area contributed by atoms with Crippen molar-refractivity contribution in [3.05, 3.63) is 16.1 Å². The Morgan fingerprint density at radius 1 is 1.53 bits per heavy atom. The molecule has 1 aromatic heterocycles. The molecule has 0 aliphatic rings. The van der Waals surface area contributed by atoms with E-state index >= 15 is 0 Å². The molecule has 1 aromatic rings. The van der Waals surface area contributed by atoms with Crippen LogP contribution < -0.4 is 11.1 Å². The molecule has 0 spiro atoms. The molecule has 1 rings (SSSR count). The normalized spacial score (nSPS) is 11.1. The lowest BCUT2D eigenvalue weighted by molar-refractivity contribution is 0.822. The highest BCUT2D eigenvalue weighted by molar-refractivity contribution is 14.0. The summed E-state index contributed by atoms with van der Waals surface area (Å²) in [5.41, 5.74) is 6.81. The van der Waals surface area contributed by atoms with Gasteiger partial charge in [-0.15, -0.1) is 35.3 Å². The van der Waals surface area contributed by atoms with Crippen molar-refractivity contribution in [1.82, 2.24) is 10.3 Å². The second-order valence-corrected chi connectivity index (χ2v) is 4.47. The van der Waals surface area contributed by atoms with Crippen molar-refractivity contribution in [1.29, 1.82) is 0 Å². The van der Waals surface area contributed by atoms with E-state index in [-0.39, 0.29) is 24.0 Å². The first-order valence-corrected chi connectivity index (χ1v) is 6.61. The molecule has 17 heavy (non-hydrogen) atoms. The minimum atomic E-state index is 0. The van der Waals surface area contributed by atoms with Crippen LogP contribution in [0.25, 0.3) is 0 Å². The highest BCUT2D eigenvalue weighted by atomic mass is 127. The fourth-order valence-electron chi connectivity index (χ4n) is 1.23. The Kier molecular flexibility index (Phi) is 9.43. The van der Waals surface area contributed by atoms with Gasteiger partial charge in [-0.25, -0.2) is 4.98 Å². The van der Waals surface area contributed by atoms with Crippen molar-refractivity contribution in [3.8, 4) is 0 Å². The van der Waals surface area contributed by atoms with Crippen molar-refractivity contribution in [2.75, 3.05) is 13.1 Å². The summed E-state index contributed by atoms with van der Waals surface area (Å²) in [6.45, 7) is 5.79. The Labute approximate surface area is 124 Å². The number of aliphatic imine (C=N–C) groups is 1. The van der Waals surface area contributed by atoms with Gasteiger partial charge < -0.3 is 11.1 Å². The number of nitrogens with one attached hydrogen (secondary N) is 1. The smallest absolute Gasteiger partial charge is 0.188 e. The van der Waals surface area contributed by atoms with Crippen LogP contribution in [0.4, 0.5) is 0 Å². The van der Waals surface area contributed by atoms with E-state index in [1.165, 1.54) is 5.01 Å². The number of hydrogen-bond acceptors (Lipinski definition) is 3. The standard InChI is InChI=1S/C11H20N4S.HI/c1-3-6-13-11(12)14-7-5-9-8-16-10(4-2)15-9;/h8H,3-7H2,1-2H3,(H3,12,13,14);1H. The average molecular weight is 368 g/mol. The lowest BCUT2D eigenvalue weighted by Gasteiger charge is -2.03. The van der Waals surface area contributed by atoms with Crippen LogP contribution in [0.2, 0.25) is 0 Å². The summed E-state index contributed by atoms with van der Waals surface area (Å²) in [5, 5.41) is 6.39. The second kappa shape index (κ2) is 9.64. The molecule has 0 aliphatic carbocycles. The van der Waals surface area contributed by atoms with E-state index in [0.717, 1.165) is 38.0 Å². The zero-order valence-corrected chi connectivity index (χ0v) is 13.5. The predicted molar refractivity (Wildman–Crippen MR) is 85.4 cm³/mol. The maximum absolute atomic E-state index is 5.68. The van der Waals surface area contributed by atoms with Gasteiger partial charge in [-0.1, -0.05) is 13.8 Å². The zero-order chi connectivity index (χ0) is 11.8. The maximum Gasteiger partial charge on any atom is 0.188 e. The van der Waals surface area contributed by atoms with Crippen LogP contribution in [0, 0.1) is 0 Å². The van der Waals surface area contributed by atoms with Crippen molar-refractivity contribution >= 4 is 41.3 Å². The van der Waals surface area contributed by atoms with E-state index in [1.54, 1.807) is 11.3 Å². The Bertz CT molecular complexity index is 338. The Morgan fingerprint density at radius 3 is 2.88 bits per heavy atom. The number of nitrogens with two attached hydrogens (primary N) is 1. The molecule has 0 fully saturated rings. The van der Waals surface area contributed by atoms with Gasteiger partial charge in [-0.3, -0.25) is 4.99 Å². The lowest BCUT2D eigenvalue weighted by Crippen LogP contribution is -2.33. The molecule has 0 saturated heterocycles. The average Bonchev–Trinajstić information content (AvgIpc) is 2.74. The Morgan fingerprint density at radius 2 is 2.29 bits per heavy atom. The summed E-state index contributed by atoms with van der Waals surface area (Å²) in [6.07, 6.45) is 2.94. The summed E-state index contributed by atoms with van der Waals surface area (Å²) >= 11 is 1.72. The third kappa shape index (κ3) is 6.82. The molecule has 0 atom stereocenters. The molecule has 98 valence electrons. The molecule has 3 N–H and O–H groups in total. The number of rotatable bonds is 6. The van der Waals surface area contributed by atoms with E-state index in [1.807, 2.05) is 0 Å². The minimum Gasteiger partial charge on any atom is -0.370 e. The van der Waals surface area contributed by atoms with E-state index in [9.17, 15) is 0 Å². The molecular formula is C11H21IN4S. The molecule has 0 saturated carbocycles. The van der Waals surface area contributed by atoms with Gasteiger partial charge in [0.05, 0.1) is 10.7 Å². The van der Waals surface area contributed by atoms with Crippen LogP contribution in [-0.4, -0.2) is 24.0 Å². The number of thiazole rings is 1. The van der Waals surface area contributed by atoms with Crippen LogP contribution in [-0.2, 0) is 12.8 Å². The number of aromatic nitrogens is 1. The fourth-order valence-corrected chi connectivity index (χ4v) is 2.01. The largest absolute Gasteiger partial charge is 0.370 e. The first kappa shape index (κ1) is 16.6. The SMILES string of the molecule is CCCN=C(N)NCCc1csc(CC)n1.I. The summed E-state index contributed by atoms with van der Waals surface area (Å²) in [7, 11) is 0. The van der Waals surface area contributed by atoms with Crippen molar-refractivity contribution < 1.29 is 0 Å². The predicted octanol–water partition coefficient (Wildman–Crippen LogP) is 2.18. The van der Waals surface area contributed by atoms with Crippen LogP contribution in [0.5, 0.6) is 0 Å². The lowest BCUT2D eigenvalue weighted by atomic mass is 10.3. The third-order valence-electron chi connectivity index (χ3n) is 2.09. The first-order chi connectivity index (χ1) is 7.76. The maximum atomic E-state index is 5.68. The molecule has 6 heteroatoms. The van der Waals surface area contributed by atoms with Crippen LogP contribution in [0.15, 0.2) is 10.4 Å². The molecule has 0 aliphatic heterocycles. The summed E-state index contributed by atoms with van der Waals surface area (Å²) < 4.78 is 0. The van der Waals surface area contributed by atoms with Crippen LogP contribution >= 0.6 is 35.3 Å². The summed E-state index contributed by atoms with van der Waals surface area (Å²) in [6, 6.07) is 0. The summed E-state index contributed by atoms with van der Waals surface area (Å²) in [4.78, 5) is 8.65. The number of guanidine groups is 1. The van der Waals surface area contributed by atoms with E-state index < -0.39 is 0 Å². The molecular weight excluding hydrogens is 347 g/mol. The molecule has 4 nitrogen and oxygen atoms in total. The Balaban J connectivity index is 0.00000256. The minimum absolute atomic E-state index is 0. The second-order valence-electron chi connectivity index (χ2n) is 3.53. The van der Waals surface area contributed by atoms with Crippen LogP contribution in [0.1, 0.15) is 31.0 Å². The molecule has 0 amide bonds. The van der Waals surface area contributed by atoms with Crippen molar-refractivity contribution in [2.24, 2.45) is 10.7 Å². The number of halogens is 1. The number of nitrogens with zero attached hydrogens (tertiary/aromatic N) is 2. The fraction of sp³-hybridized carbons (Fsp3) is 0.636. The van der Waals surface area contributed by atoms with Gasteiger partial charge >= 0.3 is 0 Å². The van der Waals surface area contributed by atoms with E-state index in [0.29, 0.717) is 5.96 Å². The number of hydrogen-bond donors (Lipinski definition) is 2. The molecule has 0 radical (unpaired) electrons. The quantitative estimate of drug-likeness (QED) is 0.460. The van der Waals surface area contributed by atoms with Gasteiger partial charge in [-0.05, 0) is 12.8 Å². The van der Waals surface area contributed by atoms with E-state index in [4.69, 9.17) is 5.73 Å². The molecule has 0 aromatic carbocycles. The first-order valence-electron chi connectivity index (χ1n) is 5.73. The number of aryl methyl sites for hydroxylation is 1. The summed E-state index contributed by atoms with van der Waals surface area (Å²) in [5.74, 6) is 0.535. The highest BCUT2D eigenvalue weighted by Gasteiger charge is 1.99. The molecule has 0 unspecified atom stereocenters. The highest BCUT2D eigenvalue weighted by Crippen LogP contribution is 2.09.